The molecule has 198 valence electrons. The van der Waals surface area contributed by atoms with Gasteiger partial charge in [-0.25, -0.2) is 0 Å². The van der Waals surface area contributed by atoms with Crippen LogP contribution in [0, 0.1) is 10.1 Å². The molecule has 0 bridgehead atoms. The van der Waals surface area contributed by atoms with Crippen molar-refractivity contribution in [2.24, 2.45) is 0 Å². The maximum atomic E-state index is 13.6. The molecule has 9 nitrogen and oxygen atoms in total. The predicted molar refractivity (Wildman–Crippen MR) is 149 cm³/mol. The molecule has 0 saturated heterocycles. The number of carbonyl (C=O) groups excluding carboxylic acids is 2. The number of rotatable bonds is 11. The molecule has 0 aromatic heterocycles. The molecule has 0 radical (unpaired) electrons. The molecule has 9 heteroatoms. The van der Waals surface area contributed by atoms with E-state index in [1.165, 1.54) is 12.1 Å². The van der Waals surface area contributed by atoms with Crippen LogP contribution < -0.4 is 10.6 Å². The summed E-state index contributed by atoms with van der Waals surface area (Å²) in [7, 11) is 8.13. The van der Waals surface area contributed by atoms with E-state index >= 15 is 0 Å². The molecule has 3 aromatic carbocycles. The van der Waals surface area contributed by atoms with Gasteiger partial charge in [0.1, 0.15) is 6.54 Å². The molecule has 1 aliphatic carbocycles. The molecular formula is C29H34N5O4+. The van der Waals surface area contributed by atoms with Gasteiger partial charge in [-0.1, -0.05) is 24.3 Å². The molecule has 0 heterocycles. The van der Waals surface area contributed by atoms with Crippen molar-refractivity contribution in [3.8, 4) is 0 Å². The second-order valence-corrected chi connectivity index (χ2v) is 10.5. The third kappa shape index (κ3) is 5.90. The van der Waals surface area contributed by atoms with Crippen molar-refractivity contribution < 1.29 is 19.0 Å². The number of nitrogens with one attached hydrogen (secondary N) is 2. The Labute approximate surface area is 222 Å². The maximum absolute atomic E-state index is 13.6. The fourth-order valence-corrected chi connectivity index (χ4v) is 4.72. The summed E-state index contributed by atoms with van der Waals surface area (Å²) in [6.07, 6.45) is 0. The number of hydrogen-bond donors (Lipinski definition) is 2. The number of likely N-dealkylation sites (N-methyl/N-ethyl adjacent to an activating group) is 2. The fourth-order valence-electron chi connectivity index (χ4n) is 4.72. The van der Waals surface area contributed by atoms with Crippen LogP contribution in [-0.4, -0.2) is 80.2 Å². The summed E-state index contributed by atoms with van der Waals surface area (Å²) < 4.78 is 0.632. The highest BCUT2D eigenvalue weighted by Crippen LogP contribution is 2.36. The van der Waals surface area contributed by atoms with E-state index in [-0.39, 0.29) is 17.3 Å². The zero-order chi connectivity index (χ0) is 27.4. The number of hydrogen-bond acceptors (Lipinski definition) is 7. The van der Waals surface area contributed by atoms with Crippen LogP contribution in [0.1, 0.15) is 37.4 Å². The molecule has 2 N–H and O–H groups in total. The van der Waals surface area contributed by atoms with Crippen molar-refractivity contribution in [3.05, 3.63) is 98.6 Å². The van der Waals surface area contributed by atoms with Crippen LogP contribution in [0.25, 0.3) is 0 Å². The van der Waals surface area contributed by atoms with Gasteiger partial charge in [0.2, 0.25) is 0 Å². The summed E-state index contributed by atoms with van der Waals surface area (Å²) in [4.78, 5) is 39.7. The predicted octanol–water partition coefficient (Wildman–Crippen LogP) is 4.03. The van der Waals surface area contributed by atoms with Crippen molar-refractivity contribution in [1.29, 1.82) is 0 Å². The summed E-state index contributed by atoms with van der Waals surface area (Å²) in [5.74, 6) is -0.311. The summed E-state index contributed by atoms with van der Waals surface area (Å²) in [5, 5.41) is 17.7. The molecule has 3 aromatic rings. The maximum Gasteiger partial charge on any atom is 0.269 e. The zero-order valence-electron chi connectivity index (χ0n) is 22.3. The lowest BCUT2D eigenvalue weighted by molar-refractivity contribution is -0.902. The van der Waals surface area contributed by atoms with E-state index in [9.17, 15) is 19.7 Å². The molecule has 1 aliphatic rings. The van der Waals surface area contributed by atoms with Crippen LogP contribution in [0.3, 0.4) is 0 Å². The van der Waals surface area contributed by atoms with Gasteiger partial charge in [-0.3, -0.25) is 19.7 Å². The number of ketones is 2. The minimum Gasteiger partial charge on any atom is -0.383 e. The summed E-state index contributed by atoms with van der Waals surface area (Å²) in [6, 6.07) is 17.3. The molecule has 0 fully saturated rings. The Morgan fingerprint density at radius 2 is 1.34 bits per heavy atom. The number of nitro benzene ring substituents is 1. The largest absolute Gasteiger partial charge is 0.383 e. The smallest absolute Gasteiger partial charge is 0.269 e. The van der Waals surface area contributed by atoms with Gasteiger partial charge in [0.05, 0.1) is 43.2 Å². The number of nitro groups is 1. The van der Waals surface area contributed by atoms with E-state index in [0.717, 1.165) is 18.7 Å². The summed E-state index contributed by atoms with van der Waals surface area (Å²) in [5.41, 5.74) is 4.05. The van der Waals surface area contributed by atoms with Gasteiger partial charge in [0.25, 0.3) is 5.69 Å². The van der Waals surface area contributed by atoms with Gasteiger partial charge in [-0.15, -0.1) is 0 Å². The van der Waals surface area contributed by atoms with Crippen LogP contribution in [0.5, 0.6) is 0 Å². The van der Waals surface area contributed by atoms with Gasteiger partial charge in [-0.05, 0) is 38.4 Å². The lowest BCUT2D eigenvalue weighted by Gasteiger charge is -2.30. The summed E-state index contributed by atoms with van der Waals surface area (Å²) >= 11 is 0. The van der Waals surface area contributed by atoms with E-state index in [0.29, 0.717) is 57.7 Å². The molecule has 0 aliphatic heterocycles. The molecule has 0 atom stereocenters. The first kappa shape index (κ1) is 27.0. The third-order valence-corrected chi connectivity index (χ3v) is 6.74. The average Bonchev–Trinajstić information content (AvgIpc) is 2.87. The third-order valence-electron chi connectivity index (χ3n) is 6.74. The van der Waals surface area contributed by atoms with Crippen LogP contribution in [0.4, 0.5) is 17.1 Å². The molecule has 0 spiro atoms. The van der Waals surface area contributed by atoms with Crippen molar-refractivity contribution in [2.75, 3.05) is 65.0 Å². The Morgan fingerprint density at radius 3 is 1.84 bits per heavy atom. The van der Waals surface area contributed by atoms with Gasteiger partial charge in [0.15, 0.2) is 11.6 Å². The SMILES string of the molecule is CN(C)CCNc1ccc(NCC[N+](C)(C)Cc2ccc([N+](=O)[O-])cc2)c2c1C(=O)c1ccccc1C2=O. The first-order valence-electron chi connectivity index (χ1n) is 12.6. The first-order valence-corrected chi connectivity index (χ1v) is 12.6. The fraction of sp³-hybridized carbons (Fsp3) is 0.310. The number of fused-ring (bicyclic) bond motifs is 2. The topological polar surface area (TPSA) is 105 Å². The highest BCUT2D eigenvalue weighted by Gasteiger charge is 2.34. The van der Waals surface area contributed by atoms with Crippen molar-refractivity contribution in [1.82, 2.24) is 4.90 Å². The van der Waals surface area contributed by atoms with E-state index in [1.54, 1.807) is 36.4 Å². The number of benzene rings is 3. The Balaban J connectivity index is 1.54. The van der Waals surface area contributed by atoms with E-state index in [1.807, 2.05) is 31.1 Å². The second-order valence-electron chi connectivity index (χ2n) is 10.5. The number of carbonyl (C=O) groups is 2. The Hall–Kier alpha value is -4.08. The zero-order valence-corrected chi connectivity index (χ0v) is 22.3. The Bertz CT molecular complexity index is 1370. The normalized spacial score (nSPS) is 12.8. The monoisotopic (exact) mass is 516 g/mol. The summed E-state index contributed by atoms with van der Waals surface area (Å²) in [6.45, 7) is 3.42. The highest BCUT2D eigenvalue weighted by molar-refractivity contribution is 6.31. The standard InChI is InChI=1S/C29H33N5O4/c1-32(2)17-15-30-24-13-14-25(27-26(24)28(35)22-7-5-6-8-23(22)29(27)36)31-16-18-34(3,4)19-20-9-11-21(12-10-20)33(37)38/h5-14H,15-19H2,1-4H3,(H-,30,31,35,36)/p+1. The number of quaternary nitrogens is 1. The number of nitrogens with zero attached hydrogens (tertiary/aromatic N) is 3. The van der Waals surface area contributed by atoms with E-state index in [4.69, 9.17) is 0 Å². The molecule has 4 rings (SSSR count). The van der Waals surface area contributed by atoms with Crippen LogP contribution >= 0.6 is 0 Å². The molecule has 0 saturated carbocycles. The Morgan fingerprint density at radius 1 is 0.816 bits per heavy atom. The van der Waals surface area contributed by atoms with Crippen molar-refractivity contribution in [3.63, 3.8) is 0 Å². The molecule has 0 unspecified atom stereocenters. The minimum absolute atomic E-state index is 0.0749. The van der Waals surface area contributed by atoms with Crippen LogP contribution in [-0.2, 0) is 6.54 Å². The van der Waals surface area contributed by atoms with Gasteiger partial charge in [0, 0.05) is 53.3 Å². The number of anilines is 2. The minimum atomic E-state index is -0.401. The number of non-ortho nitro benzene ring substituents is 1. The first-order chi connectivity index (χ1) is 18.1. The van der Waals surface area contributed by atoms with E-state index < -0.39 is 4.92 Å². The van der Waals surface area contributed by atoms with Crippen molar-refractivity contribution >= 4 is 28.6 Å². The second kappa shape index (κ2) is 11.1. The Kier molecular flexibility index (Phi) is 7.89. The van der Waals surface area contributed by atoms with Crippen LogP contribution in [0.2, 0.25) is 0 Å². The van der Waals surface area contributed by atoms with Gasteiger partial charge >= 0.3 is 0 Å². The quantitative estimate of drug-likeness (QED) is 0.176. The van der Waals surface area contributed by atoms with Gasteiger partial charge in [-0.2, -0.15) is 0 Å². The van der Waals surface area contributed by atoms with Gasteiger partial charge < -0.3 is 20.0 Å². The van der Waals surface area contributed by atoms with E-state index in [2.05, 4.69) is 24.7 Å². The van der Waals surface area contributed by atoms with Crippen LogP contribution in [0.15, 0.2) is 60.7 Å². The average molecular weight is 517 g/mol. The highest BCUT2D eigenvalue weighted by atomic mass is 16.6. The molecule has 0 amide bonds. The van der Waals surface area contributed by atoms with Crippen molar-refractivity contribution in [2.45, 2.75) is 6.54 Å². The lowest BCUT2D eigenvalue weighted by atomic mass is 9.82. The molecular weight excluding hydrogens is 482 g/mol. The molecule has 38 heavy (non-hydrogen) atoms. The lowest BCUT2D eigenvalue weighted by Crippen LogP contribution is -2.42.